The molecule has 1 heterocycles. The average Bonchev–Trinajstić information content (AvgIpc) is 3.10. The lowest BCUT2D eigenvalue weighted by molar-refractivity contribution is -0.123. The first-order valence-corrected chi connectivity index (χ1v) is 12.6. The van der Waals surface area contributed by atoms with E-state index in [0.717, 1.165) is 32.4 Å². The Balaban J connectivity index is 1.48. The van der Waals surface area contributed by atoms with E-state index in [9.17, 15) is 9.59 Å². The number of hydrogen-bond acceptors (Lipinski definition) is 6. The normalized spacial score (nSPS) is 14.4. The third kappa shape index (κ3) is 6.05. The minimum Gasteiger partial charge on any atom is -0.493 e. The molecule has 1 N–H and O–H groups in total. The van der Waals surface area contributed by atoms with Gasteiger partial charge < -0.3 is 9.47 Å². The molecule has 10 heteroatoms. The summed E-state index contributed by atoms with van der Waals surface area (Å²) < 4.78 is 12.6. The second-order valence-corrected chi connectivity index (χ2v) is 10.3. The van der Waals surface area contributed by atoms with Crippen molar-refractivity contribution in [2.75, 3.05) is 7.11 Å². The monoisotopic (exact) mass is 588 g/mol. The maximum Gasteiger partial charge on any atom is 0.285 e. The highest BCUT2D eigenvalue weighted by Crippen LogP contribution is 2.34. The van der Waals surface area contributed by atoms with Crippen LogP contribution in [0.25, 0.3) is 6.08 Å². The molecule has 3 aromatic carbocycles. The summed E-state index contributed by atoms with van der Waals surface area (Å²) in [6, 6.07) is 19.8. The van der Waals surface area contributed by atoms with E-state index in [1.54, 1.807) is 49.6 Å². The summed E-state index contributed by atoms with van der Waals surface area (Å²) >= 11 is 15.9. The maximum atomic E-state index is 12.9. The Bertz CT molecular complexity index is 1350. The molecule has 0 radical (unpaired) electrons. The molecule has 4 rings (SSSR count). The first kappa shape index (κ1) is 25.2. The molecule has 1 aliphatic heterocycles. The van der Waals surface area contributed by atoms with Gasteiger partial charge in [0.1, 0.15) is 6.61 Å². The minimum atomic E-state index is -0.526. The van der Waals surface area contributed by atoms with Gasteiger partial charge >= 0.3 is 0 Å². The van der Waals surface area contributed by atoms with Gasteiger partial charge in [0.05, 0.1) is 22.6 Å². The molecule has 0 aliphatic carbocycles. The molecule has 6 nitrogen and oxygen atoms in total. The Labute approximate surface area is 225 Å². The summed E-state index contributed by atoms with van der Waals surface area (Å²) in [5, 5.41) is 1.32. The zero-order valence-corrected chi connectivity index (χ0v) is 22.3. The van der Waals surface area contributed by atoms with Crippen LogP contribution in [0.3, 0.4) is 0 Å². The highest BCUT2D eigenvalue weighted by molar-refractivity contribution is 9.10. The predicted molar refractivity (Wildman–Crippen MR) is 145 cm³/mol. The number of halogens is 2. The molecule has 0 bridgehead atoms. The number of carbonyl (C=O) groups is 2. The molecule has 0 atom stereocenters. The van der Waals surface area contributed by atoms with Gasteiger partial charge in [0.2, 0.25) is 0 Å². The van der Waals surface area contributed by atoms with Gasteiger partial charge in [0.15, 0.2) is 15.8 Å². The van der Waals surface area contributed by atoms with Crippen LogP contribution < -0.4 is 14.9 Å². The van der Waals surface area contributed by atoms with Gasteiger partial charge in [-0.25, -0.2) is 0 Å². The first-order chi connectivity index (χ1) is 16.9. The van der Waals surface area contributed by atoms with Gasteiger partial charge in [-0.3, -0.25) is 15.0 Å². The van der Waals surface area contributed by atoms with Crippen molar-refractivity contribution in [2.24, 2.45) is 0 Å². The molecule has 0 aromatic heterocycles. The van der Waals surface area contributed by atoms with Crippen LogP contribution in [0.1, 0.15) is 21.5 Å². The van der Waals surface area contributed by atoms with Gasteiger partial charge in [-0.05, 0) is 65.8 Å². The third-order valence-corrected chi connectivity index (χ3v) is 7.02. The standard InChI is InChI=1S/C25H18BrClN2O4S2/c1-32-21-12-15(9-10-20(21)33-14-16-5-4-6-17(26)11-16)13-22-24(31)29(25(34)35-22)28-23(30)18-7-2-3-8-19(18)27/h2-13H,14H2,1H3,(H,28,30)/b22-13+. The molecule has 3 aromatic rings. The number of benzene rings is 3. The van der Waals surface area contributed by atoms with Crippen LogP contribution >= 0.6 is 51.5 Å². The van der Waals surface area contributed by atoms with E-state index < -0.39 is 11.8 Å². The number of rotatable bonds is 7. The van der Waals surface area contributed by atoms with Crippen molar-refractivity contribution < 1.29 is 19.1 Å². The van der Waals surface area contributed by atoms with Crippen LogP contribution in [-0.4, -0.2) is 28.3 Å². The van der Waals surface area contributed by atoms with Crippen LogP contribution in [-0.2, 0) is 11.4 Å². The van der Waals surface area contributed by atoms with E-state index in [4.69, 9.17) is 33.3 Å². The van der Waals surface area contributed by atoms with Gasteiger partial charge in [-0.15, -0.1) is 0 Å². The Morgan fingerprint density at radius 2 is 1.94 bits per heavy atom. The Morgan fingerprint density at radius 1 is 1.14 bits per heavy atom. The smallest absolute Gasteiger partial charge is 0.285 e. The molecule has 178 valence electrons. The van der Waals surface area contributed by atoms with Crippen LogP contribution in [0.5, 0.6) is 11.5 Å². The van der Waals surface area contributed by atoms with E-state index >= 15 is 0 Å². The van der Waals surface area contributed by atoms with Crippen molar-refractivity contribution in [3.8, 4) is 11.5 Å². The van der Waals surface area contributed by atoms with Crippen LogP contribution in [0.4, 0.5) is 0 Å². The third-order valence-electron chi connectivity index (χ3n) is 4.89. The molecule has 0 saturated carbocycles. The van der Waals surface area contributed by atoms with E-state index in [1.807, 2.05) is 30.3 Å². The Kier molecular flexibility index (Phi) is 8.12. The van der Waals surface area contributed by atoms with Gasteiger partial charge in [0.25, 0.3) is 11.8 Å². The van der Waals surface area contributed by atoms with Gasteiger partial charge in [-0.2, -0.15) is 5.01 Å². The summed E-state index contributed by atoms with van der Waals surface area (Å²) in [5.41, 5.74) is 4.50. The number of thiocarbonyl (C=S) groups is 1. The summed E-state index contributed by atoms with van der Waals surface area (Å²) in [5.74, 6) is 0.136. The molecule has 0 unspecified atom stereocenters. The molecule has 2 amide bonds. The highest BCUT2D eigenvalue weighted by Gasteiger charge is 2.34. The lowest BCUT2D eigenvalue weighted by Gasteiger charge is -2.16. The fourth-order valence-electron chi connectivity index (χ4n) is 3.20. The van der Waals surface area contributed by atoms with Crippen LogP contribution in [0.2, 0.25) is 5.02 Å². The minimum absolute atomic E-state index is 0.211. The molecule has 0 spiro atoms. The number of hydrogen-bond donors (Lipinski definition) is 1. The zero-order valence-electron chi connectivity index (χ0n) is 18.3. The largest absolute Gasteiger partial charge is 0.493 e. The summed E-state index contributed by atoms with van der Waals surface area (Å²) in [7, 11) is 1.55. The molecule has 1 fully saturated rings. The lowest BCUT2D eigenvalue weighted by atomic mass is 10.2. The number of hydrazine groups is 1. The highest BCUT2D eigenvalue weighted by atomic mass is 79.9. The molecule has 35 heavy (non-hydrogen) atoms. The number of carbonyl (C=O) groups excluding carboxylic acids is 2. The molecule has 1 aliphatic rings. The van der Waals surface area contributed by atoms with E-state index in [-0.39, 0.29) is 14.9 Å². The number of ether oxygens (including phenoxy) is 2. The van der Waals surface area contributed by atoms with Crippen molar-refractivity contribution in [1.29, 1.82) is 0 Å². The zero-order chi connectivity index (χ0) is 24.9. The van der Waals surface area contributed by atoms with Crippen molar-refractivity contribution in [2.45, 2.75) is 6.61 Å². The van der Waals surface area contributed by atoms with Crippen molar-refractivity contribution in [1.82, 2.24) is 10.4 Å². The predicted octanol–water partition coefficient (Wildman–Crippen LogP) is 6.24. The van der Waals surface area contributed by atoms with Crippen molar-refractivity contribution in [3.05, 3.63) is 97.8 Å². The molecular weight excluding hydrogens is 572 g/mol. The first-order valence-electron chi connectivity index (χ1n) is 10.2. The van der Waals surface area contributed by atoms with Crippen LogP contribution in [0.15, 0.2) is 76.1 Å². The van der Waals surface area contributed by atoms with Crippen LogP contribution in [0, 0.1) is 0 Å². The van der Waals surface area contributed by atoms with E-state index in [0.29, 0.717) is 23.0 Å². The fourth-order valence-corrected chi connectivity index (χ4v) is 5.05. The fraction of sp³-hybridized carbons (Fsp3) is 0.0800. The number of nitrogens with one attached hydrogen (secondary N) is 1. The Hall–Kier alpha value is -2.85. The number of methoxy groups -OCH3 is 1. The van der Waals surface area contributed by atoms with Crippen molar-refractivity contribution >= 4 is 73.7 Å². The second-order valence-electron chi connectivity index (χ2n) is 7.27. The van der Waals surface area contributed by atoms with Crippen molar-refractivity contribution in [3.63, 3.8) is 0 Å². The lowest BCUT2D eigenvalue weighted by Crippen LogP contribution is -2.44. The quantitative estimate of drug-likeness (QED) is 0.260. The number of thioether (sulfide) groups is 1. The SMILES string of the molecule is COc1cc(/C=C2/SC(=S)N(NC(=O)c3ccccc3Cl)C2=O)ccc1OCc1cccc(Br)c1. The molecular formula is C25H18BrClN2O4S2. The number of amides is 2. The maximum absolute atomic E-state index is 12.9. The second kappa shape index (κ2) is 11.3. The number of nitrogens with zero attached hydrogens (tertiary/aromatic N) is 1. The van der Waals surface area contributed by atoms with E-state index in [1.165, 1.54) is 0 Å². The average molecular weight is 590 g/mol. The topological polar surface area (TPSA) is 67.9 Å². The van der Waals surface area contributed by atoms with E-state index in [2.05, 4.69) is 21.4 Å². The summed E-state index contributed by atoms with van der Waals surface area (Å²) in [6.45, 7) is 0.374. The van der Waals surface area contributed by atoms with Gasteiger partial charge in [0, 0.05) is 4.47 Å². The Morgan fingerprint density at radius 3 is 2.69 bits per heavy atom. The van der Waals surface area contributed by atoms with Gasteiger partial charge in [-0.1, -0.05) is 69.6 Å². The summed E-state index contributed by atoms with van der Waals surface area (Å²) in [6.07, 6.45) is 1.68. The molecule has 1 saturated heterocycles. The summed E-state index contributed by atoms with van der Waals surface area (Å²) in [4.78, 5) is 25.9.